The number of anilines is 1. The molecule has 2 aromatic carbocycles. The van der Waals surface area contributed by atoms with Crippen LogP contribution in [0.15, 0.2) is 42.5 Å². The highest BCUT2D eigenvalue weighted by Gasteiger charge is 2.23. The Morgan fingerprint density at radius 1 is 1.00 bits per heavy atom. The molecule has 0 radical (unpaired) electrons. The normalized spacial score (nSPS) is 19.9. The van der Waals surface area contributed by atoms with Gasteiger partial charge in [0.25, 0.3) is 0 Å². The van der Waals surface area contributed by atoms with Gasteiger partial charge in [0.05, 0.1) is 20.3 Å². The summed E-state index contributed by atoms with van der Waals surface area (Å²) in [5.41, 5.74) is 2.50. The van der Waals surface area contributed by atoms with Gasteiger partial charge in [-0.2, -0.15) is 0 Å². The summed E-state index contributed by atoms with van der Waals surface area (Å²) in [4.78, 5) is 2.45. The van der Waals surface area contributed by atoms with Crippen LogP contribution in [-0.2, 0) is 6.42 Å². The Balaban J connectivity index is 1.45. The fraction of sp³-hybridized carbons (Fsp3) is 0.500. The van der Waals surface area contributed by atoms with Crippen molar-refractivity contribution >= 4 is 5.69 Å². The minimum absolute atomic E-state index is 0.322. The number of ether oxygens (including phenoxy) is 3. The van der Waals surface area contributed by atoms with Gasteiger partial charge in [-0.15, -0.1) is 0 Å². The van der Waals surface area contributed by atoms with Gasteiger partial charge in [0.1, 0.15) is 5.75 Å². The minimum atomic E-state index is 0.322. The quantitative estimate of drug-likeness (QED) is 0.765. The van der Waals surface area contributed by atoms with E-state index in [1.165, 1.54) is 24.1 Å². The molecule has 29 heavy (non-hydrogen) atoms. The van der Waals surface area contributed by atoms with Gasteiger partial charge in [0.15, 0.2) is 11.5 Å². The molecule has 1 atom stereocenters. The second kappa shape index (κ2) is 9.40. The SMILES string of the molecule is COc1cccc(C[C@H]2CN(c3ccc(OC)c(OC4CCCC4)c3)CCN2)c1. The number of nitrogens with zero attached hydrogens (tertiary/aromatic N) is 1. The molecule has 1 heterocycles. The van der Waals surface area contributed by atoms with Gasteiger partial charge in [-0.1, -0.05) is 12.1 Å². The molecule has 1 aliphatic carbocycles. The summed E-state index contributed by atoms with van der Waals surface area (Å²) in [6.45, 7) is 2.93. The third kappa shape index (κ3) is 4.96. The van der Waals surface area contributed by atoms with Crippen molar-refractivity contribution in [2.24, 2.45) is 0 Å². The highest BCUT2D eigenvalue weighted by Crippen LogP contribution is 2.35. The molecule has 1 aliphatic heterocycles. The molecule has 2 aromatic rings. The smallest absolute Gasteiger partial charge is 0.163 e. The van der Waals surface area contributed by atoms with Crippen LogP contribution in [-0.4, -0.2) is 46.0 Å². The Kier molecular flexibility index (Phi) is 6.45. The molecule has 5 nitrogen and oxygen atoms in total. The first-order valence-corrected chi connectivity index (χ1v) is 10.7. The highest BCUT2D eigenvalue weighted by atomic mass is 16.5. The van der Waals surface area contributed by atoms with Crippen LogP contribution in [0.4, 0.5) is 5.69 Å². The van der Waals surface area contributed by atoms with Crippen LogP contribution in [0, 0.1) is 0 Å². The number of rotatable bonds is 7. The van der Waals surface area contributed by atoms with E-state index in [2.05, 4.69) is 40.5 Å². The highest BCUT2D eigenvalue weighted by molar-refractivity contribution is 5.57. The van der Waals surface area contributed by atoms with E-state index in [-0.39, 0.29) is 0 Å². The largest absolute Gasteiger partial charge is 0.497 e. The van der Waals surface area contributed by atoms with Gasteiger partial charge in [-0.3, -0.25) is 0 Å². The average Bonchev–Trinajstić information content (AvgIpc) is 3.27. The van der Waals surface area contributed by atoms with Gasteiger partial charge in [-0.25, -0.2) is 0 Å². The lowest BCUT2D eigenvalue weighted by Crippen LogP contribution is -2.51. The first-order valence-electron chi connectivity index (χ1n) is 10.7. The van der Waals surface area contributed by atoms with E-state index in [1.54, 1.807) is 14.2 Å². The first-order chi connectivity index (χ1) is 14.2. The molecule has 0 bridgehead atoms. The topological polar surface area (TPSA) is 43.0 Å². The summed E-state index contributed by atoms with van der Waals surface area (Å²) in [6, 6.07) is 15.1. The maximum atomic E-state index is 6.30. The Morgan fingerprint density at radius 2 is 1.86 bits per heavy atom. The third-order valence-corrected chi connectivity index (χ3v) is 5.98. The van der Waals surface area contributed by atoms with Crippen LogP contribution in [0.1, 0.15) is 31.2 Å². The molecule has 1 saturated heterocycles. The summed E-state index contributed by atoms with van der Waals surface area (Å²) < 4.78 is 17.2. The first kappa shape index (κ1) is 19.9. The van der Waals surface area contributed by atoms with Gasteiger partial charge in [0.2, 0.25) is 0 Å². The molecule has 0 amide bonds. The van der Waals surface area contributed by atoms with Crippen LogP contribution in [0.2, 0.25) is 0 Å². The molecule has 5 heteroatoms. The fourth-order valence-corrected chi connectivity index (χ4v) is 4.42. The van der Waals surface area contributed by atoms with Crippen molar-refractivity contribution in [2.45, 2.75) is 44.2 Å². The zero-order chi connectivity index (χ0) is 20.1. The Hall–Kier alpha value is -2.40. The van der Waals surface area contributed by atoms with Crippen molar-refractivity contribution in [3.05, 3.63) is 48.0 Å². The molecule has 2 aliphatic rings. The molecular formula is C24H32N2O3. The molecule has 1 saturated carbocycles. The van der Waals surface area contributed by atoms with E-state index in [9.17, 15) is 0 Å². The second-order valence-electron chi connectivity index (χ2n) is 8.01. The van der Waals surface area contributed by atoms with E-state index >= 15 is 0 Å². The number of hydrogen-bond acceptors (Lipinski definition) is 5. The zero-order valence-corrected chi connectivity index (χ0v) is 17.5. The van der Waals surface area contributed by atoms with E-state index in [0.717, 1.165) is 56.1 Å². The number of hydrogen-bond donors (Lipinski definition) is 1. The van der Waals surface area contributed by atoms with E-state index < -0.39 is 0 Å². The summed E-state index contributed by atoms with van der Waals surface area (Å²) in [7, 11) is 3.43. The maximum absolute atomic E-state index is 6.30. The van der Waals surface area contributed by atoms with Crippen LogP contribution < -0.4 is 24.4 Å². The lowest BCUT2D eigenvalue weighted by Gasteiger charge is -2.35. The Morgan fingerprint density at radius 3 is 2.66 bits per heavy atom. The van der Waals surface area contributed by atoms with Crippen molar-refractivity contribution in [3.63, 3.8) is 0 Å². The maximum Gasteiger partial charge on any atom is 0.163 e. The molecule has 2 fully saturated rings. The van der Waals surface area contributed by atoms with Crippen molar-refractivity contribution in [3.8, 4) is 17.2 Å². The molecule has 0 spiro atoms. The predicted molar refractivity (Wildman–Crippen MR) is 117 cm³/mol. The average molecular weight is 397 g/mol. The Bertz CT molecular complexity index is 804. The standard InChI is InChI=1S/C24H32N2O3/c1-27-22-9-5-6-18(15-22)14-19-17-26(13-12-25-19)20-10-11-23(28-2)24(16-20)29-21-7-3-4-8-21/h5-6,9-11,15-16,19,21,25H,3-4,7-8,12-14,17H2,1-2H3/t19-/m0/s1. The fourth-order valence-electron chi connectivity index (χ4n) is 4.42. The van der Waals surface area contributed by atoms with Crippen molar-refractivity contribution in [1.82, 2.24) is 5.32 Å². The molecule has 156 valence electrons. The number of methoxy groups -OCH3 is 2. The molecule has 4 rings (SSSR count). The number of benzene rings is 2. The zero-order valence-electron chi connectivity index (χ0n) is 17.5. The van der Waals surface area contributed by atoms with Crippen LogP contribution in [0.25, 0.3) is 0 Å². The van der Waals surface area contributed by atoms with Crippen molar-refractivity contribution in [1.29, 1.82) is 0 Å². The van der Waals surface area contributed by atoms with E-state index in [0.29, 0.717) is 12.1 Å². The molecule has 0 aromatic heterocycles. The van der Waals surface area contributed by atoms with Gasteiger partial charge >= 0.3 is 0 Å². The summed E-state index contributed by atoms with van der Waals surface area (Å²) in [5.74, 6) is 2.61. The van der Waals surface area contributed by atoms with Crippen molar-refractivity contribution in [2.75, 3.05) is 38.8 Å². The van der Waals surface area contributed by atoms with Gasteiger partial charge in [0, 0.05) is 37.4 Å². The molecule has 1 N–H and O–H groups in total. The van der Waals surface area contributed by atoms with E-state index in [1.807, 2.05) is 12.1 Å². The monoisotopic (exact) mass is 396 g/mol. The number of piperazine rings is 1. The minimum Gasteiger partial charge on any atom is -0.497 e. The lowest BCUT2D eigenvalue weighted by molar-refractivity contribution is 0.201. The molecule has 0 unspecified atom stereocenters. The summed E-state index contributed by atoms with van der Waals surface area (Å²) in [6.07, 6.45) is 6.11. The Labute approximate surface area is 174 Å². The number of nitrogens with one attached hydrogen (secondary N) is 1. The van der Waals surface area contributed by atoms with Gasteiger partial charge < -0.3 is 24.4 Å². The lowest BCUT2D eigenvalue weighted by atomic mass is 10.0. The van der Waals surface area contributed by atoms with Crippen LogP contribution in [0.3, 0.4) is 0 Å². The third-order valence-electron chi connectivity index (χ3n) is 5.98. The summed E-state index contributed by atoms with van der Waals surface area (Å²) >= 11 is 0. The van der Waals surface area contributed by atoms with Crippen molar-refractivity contribution < 1.29 is 14.2 Å². The van der Waals surface area contributed by atoms with Gasteiger partial charge in [-0.05, 0) is 61.9 Å². The molecular weight excluding hydrogens is 364 g/mol. The van der Waals surface area contributed by atoms with Crippen LogP contribution >= 0.6 is 0 Å². The van der Waals surface area contributed by atoms with Crippen LogP contribution in [0.5, 0.6) is 17.2 Å². The predicted octanol–water partition coefficient (Wildman–Crippen LogP) is 4.05. The second-order valence-corrected chi connectivity index (χ2v) is 8.01. The van der Waals surface area contributed by atoms with E-state index in [4.69, 9.17) is 14.2 Å². The summed E-state index contributed by atoms with van der Waals surface area (Å²) in [5, 5.41) is 3.66.